The molecule has 1 aromatic carbocycles. The van der Waals surface area contributed by atoms with Crippen LogP contribution in [0.1, 0.15) is 12.8 Å². The molecule has 1 fully saturated rings. The number of carbonyl (C=O) groups is 1. The van der Waals surface area contributed by atoms with E-state index in [4.69, 9.17) is 16.3 Å². The van der Waals surface area contributed by atoms with Crippen molar-refractivity contribution in [1.82, 2.24) is 10.6 Å². The summed E-state index contributed by atoms with van der Waals surface area (Å²) in [4.78, 5) is 11.6. The van der Waals surface area contributed by atoms with E-state index in [1.165, 1.54) is 18.2 Å². The van der Waals surface area contributed by atoms with Crippen LogP contribution >= 0.6 is 11.6 Å². The lowest BCUT2D eigenvalue weighted by molar-refractivity contribution is -0.123. The van der Waals surface area contributed by atoms with Crippen molar-refractivity contribution in [3.63, 3.8) is 0 Å². The zero-order chi connectivity index (χ0) is 14.4. The van der Waals surface area contributed by atoms with Gasteiger partial charge in [-0.25, -0.2) is 4.39 Å². The van der Waals surface area contributed by atoms with Crippen molar-refractivity contribution in [2.24, 2.45) is 5.92 Å². The minimum absolute atomic E-state index is 0.0174. The second-order valence-electron chi connectivity index (χ2n) is 4.88. The van der Waals surface area contributed by atoms with Crippen LogP contribution in [0.5, 0.6) is 5.75 Å². The van der Waals surface area contributed by atoms with Gasteiger partial charge in [0.05, 0.1) is 5.02 Å². The number of ether oxygens (including phenoxy) is 1. The van der Waals surface area contributed by atoms with Crippen LogP contribution in [0.15, 0.2) is 18.2 Å². The highest BCUT2D eigenvalue weighted by molar-refractivity contribution is 6.30. The van der Waals surface area contributed by atoms with Gasteiger partial charge < -0.3 is 15.4 Å². The number of piperidine rings is 1. The van der Waals surface area contributed by atoms with Crippen molar-refractivity contribution in [2.45, 2.75) is 12.8 Å². The first kappa shape index (κ1) is 15.1. The summed E-state index contributed by atoms with van der Waals surface area (Å²) in [5.74, 6) is 0.170. The zero-order valence-corrected chi connectivity index (χ0v) is 11.9. The third kappa shape index (κ3) is 4.65. The normalized spacial score (nSPS) is 18.6. The molecule has 1 aliphatic heterocycles. The molecular formula is C14H18ClFN2O2. The minimum atomic E-state index is -0.506. The standard InChI is InChI=1S/C14H18ClFN2O2/c15-12-6-11(3-4-13(12)16)20-9-14(19)18-8-10-2-1-5-17-7-10/h3-4,6,10,17H,1-2,5,7-9H2,(H,18,19). The zero-order valence-electron chi connectivity index (χ0n) is 11.1. The fourth-order valence-electron chi connectivity index (χ4n) is 2.12. The molecule has 2 rings (SSSR count). The minimum Gasteiger partial charge on any atom is -0.484 e. The molecule has 1 heterocycles. The van der Waals surface area contributed by atoms with Gasteiger partial charge in [-0.15, -0.1) is 0 Å². The third-order valence-corrected chi connectivity index (χ3v) is 3.54. The molecule has 110 valence electrons. The topological polar surface area (TPSA) is 50.4 Å². The summed E-state index contributed by atoms with van der Waals surface area (Å²) in [7, 11) is 0. The molecule has 1 saturated heterocycles. The monoisotopic (exact) mass is 300 g/mol. The molecule has 0 spiro atoms. The maximum absolute atomic E-state index is 13.0. The number of carbonyl (C=O) groups excluding carboxylic acids is 1. The van der Waals surface area contributed by atoms with E-state index in [2.05, 4.69) is 10.6 Å². The fourth-order valence-corrected chi connectivity index (χ4v) is 2.29. The van der Waals surface area contributed by atoms with Gasteiger partial charge in [0.2, 0.25) is 0 Å². The maximum atomic E-state index is 13.0. The lowest BCUT2D eigenvalue weighted by Crippen LogP contribution is -2.39. The Morgan fingerprint density at radius 2 is 2.40 bits per heavy atom. The average molecular weight is 301 g/mol. The first-order valence-corrected chi connectivity index (χ1v) is 7.08. The molecular weight excluding hydrogens is 283 g/mol. The first-order valence-electron chi connectivity index (χ1n) is 6.70. The van der Waals surface area contributed by atoms with Crippen molar-refractivity contribution in [3.05, 3.63) is 29.0 Å². The van der Waals surface area contributed by atoms with Gasteiger partial charge in [0, 0.05) is 12.6 Å². The summed E-state index contributed by atoms with van der Waals surface area (Å²) in [5.41, 5.74) is 0. The number of rotatable bonds is 5. The Balaban J connectivity index is 1.70. The summed E-state index contributed by atoms with van der Waals surface area (Å²) in [6, 6.07) is 4.01. The SMILES string of the molecule is O=C(COc1ccc(F)c(Cl)c1)NCC1CCCNC1. The number of halogens is 2. The van der Waals surface area contributed by atoms with E-state index in [1.807, 2.05) is 0 Å². The molecule has 0 aromatic heterocycles. The van der Waals surface area contributed by atoms with Crippen LogP contribution < -0.4 is 15.4 Å². The molecule has 1 amide bonds. The lowest BCUT2D eigenvalue weighted by atomic mass is 10.00. The van der Waals surface area contributed by atoms with Crippen LogP contribution in [-0.4, -0.2) is 32.1 Å². The summed E-state index contributed by atoms with van der Waals surface area (Å²) in [6.07, 6.45) is 2.27. The van der Waals surface area contributed by atoms with E-state index < -0.39 is 5.82 Å². The van der Waals surface area contributed by atoms with Crippen LogP contribution in [0.3, 0.4) is 0 Å². The van der Waals surface area contributed by atoms with Crippen molar-refractivity contribution < 1.29 is 13.9 Å². The van der Waals surface area contributed by atoms with Gasteiger partial charge in [0.1, 0.15) is 11.6 Å². The third-order valence-electron chi connectivity index (χ3n) is 3.25. The molecule has 0 saturated carbocycles. The van der Waals surface area contributed by atoms with Gasteiger partial charge in [-0.1, -0.05) is 11.6 Å². The Hall–Kier alpha value is -1.33. The summed E-state index contributed by atoms with van der Waals surface area (Å²) < 4.78 is 18.2. The highest BCUT2D eigenvalue weighted by Crippen LogP contribution is 2.20. The molecule has 0 bridgehead atoms. The Morgan fingerprint density at radius 1 is 1.55 bits per heavy atom. The van der Waals surface area contributed by atoms with E-state index in [0.29, 0.717) is 18.2 Å². The number of nitrogens with one attached hydrogen (secondary N) is 2. The van der Waals surface area contributed by atoms with E-state index in [-0.39, 0.29) is 17.5 Å². The van der Waals surface area contributed by atoms with Crippen LogP contribution in [0.4, 0.5) is 4.39 Å². The summed E-state index contributed by atoms with van der Waals surface area (Å²) in [6.45, 7) is 2.55. The quantitative estimate of drug-likeness (QED) is 0.874. The molecule has 1 aromatic rings. The molecule has 1 unspecified atom stereocenters. The van der Waals surface area contributed by atoms with Gasteiger partial charge in [-0.05, 0) is 44.0 Å². The van der Waals surface area contributed by atoms with Crippen LogP contribution in [0.25, 0.3) is 0 Å². The molecule has 4 nitrogen and oxygen atoms in total. The Kier molecular flexibility index (Phi) is 5.61. The lowest BCUT2D eigenvalue weighted by Gasteiger charge is -2.22. The maximum Gasteiger partial charge on any atom is 0.257 e. The molecule has 1 aliphatic rings. The summed E-state index contributed by atoms with van der Waals surface area (Å²) >= 11 is 5.63. The predicted molar refractivity (Wildman–Crippen MR) is 75.5 cm³/mol. The number of amides is 1. The molecule has 20 heavy (non-hydrogen) atoms. The Morgan fingerprint density at radius 3 is 3.10 bits per heavy atom. The predicted octanol–water partition coefficient (Wildman–Crippen LogP) is 1.97. The molecule has 1 atom stereocenters. The first-order chi connectivity index (χ1) is 9.65. The van der Waals surface area contributed by atoms with Gasteiger partial charge >= 0.3 is 0 Å². The second kappa shape index (κ2) is 7.45. The van der Waals surface area contributed by atoms with E-state index in [9.17, 15) is 9.18 Å². The van der Waals surface area contributed by atoms with Crippen LogP contribution in [0.2, 0.25) is 5.02 Å². The molecule has 2 N–H and O–H groups in total. The second-order valence-corrected chi connectivity index (χ2v) is 5.29. The smallest absolute Gasteiger partial charge is 0.257 e. The number of hydrogen-bond acceptors (Lipinski definition) is 3. The molecule has 0 radical (unpaired) electrons. The Labute approximate surface area is 122 Å². The molecule has 6 heteroatoms. The van der Waals surface area contributed by atoms with Gasteiger partial charge in [-0.3, -0.25) is 4.79 Å². The number of benzene rings is 1. The average Bonchev–Trinajstić information content (AvgIpc) is 2.47. The van der Waals surface area contributed by atoms with Gasteiger partial charge in [0.25, 0.3) is 5.91 Å². The van der Waals surface area contributed by atoms with E-state index >= 15 is 0 Å². The van der Waals surface area contributed by atoms with E-state index in [0.717, 1.165) is 25.9 Å². The van der Waals surface area contributed by atoms with E-state index in [1.54, 1.807) is 0 Å². The van der Waals surface area contributed by atoms with Gasteiger partial charge in [-0.2, -0.15) is 0 Å². The van der Waals surface area contributed by atoms with Gasteiger partial charge in [0.15, 0.2) is 6.61 Å². The van der Waals surface area contributed by atoms with Crippen LogP contribution in [-0.2, 0) is 4.79 Å². The van der Waals surface area contributed by atoms with Crippen molar-refractivity contribution in [1.29, 1.82) is 0 Å². The highest BCUT2D eigenvalue weighted by atomic mass is 35.5. The van der Waals surface area contributed by atoms with Crippen molar-refractivity contribution in [3.8, 4) is 5.75 Å². The Bertz CT molecular complexity index is 464. The number of hydrogen-bond donors (Lipinski definition) is 2. The van der Waals surface area contributed by atoms with Crippen molar-refractivity contribution >= 4 is 17.5 Å². The highest BCUT2D eigenvalue weighted by Gasteiger charge is 2.14. The van der Waals surface area contributed by atoms with Crippen LogP contribution in [0, 0.1) is 11.7 Å². The summed E-state index contributed by atoms with van der Waals surface area (Å²) in [5, 5.41) is 6.12. The largest absolute Gasteiger partial charge is 0.484 e. The van der Waals surface area contributed by atoms with Crippen molar-refractivity contribution in [2.75, 3.05) is 26.2 Å². The fraction of sp³-hybridized carbons (Fsp3) is 0.500. The molecule has 0 aliphatic carbocycles.